The molecule has 1 aromatic heterocycles. The van der Waals surface area contributed by atoms with Crippen LogP contribution in [0.25, 0.3) is 21.9 Å². The van der Waals surface area contributed by atoms with Gasteiger partial charge in [-0.3, -0.25) is 0 Å². The SMILES string of the molecule is O[C@H](c1ccccc1)c1ccc2c(c1)oc1ccccc12. The van der Waals surface area contributed by atoms with Gasteiger partial charge >= 0.3 is 0 Å². The van der Waals surface area contributed by atoms with Crippen LogP contribution in [0.2, 0.25) is 0 Å². The molecule has 0 saturated carbocycles. The van der Waals surface area contributed by atoms with E-state index >= 15 is 0 Å². The van der Waals surface area contributed by atoms with Crippen molar-refractivity contribution in [1.82, 2.24) is 0 Å². The lowest BCUT2D eigenvalue weighted by Crippen LogP contribution is -1.98. The first-order valence-corrected chi connectivity index (χ1v) is 6.97. The Morgan fingerprint density at radius 3 is 2.24 bits per heavy atom. The number of benzene rings is 3. The number of rotatable bonds is 2. The van der Waals surface area contributed by atoms with Gasteiger partial charge < -0.3 is 9.52 Å². The Morgan fingerprint density at radius 2 is 1.38 bits per heavy atom. The topological polar surface area (TPSA) is 33.4 Å². The summed E-state index contributed by atoms with van der Waals surface area (Å²) in [6.07, 6.45) is -0.635. The van der Waals surface area contributed by atoms with Crippen molar-refractivity contribution >= 4 is 21.9 Å². The zero-order chi connectivity index (χ0) is 14.2. The minimum Gasteiger partial charge on any atom is -0.456 e. The van der Waals surface area contributed by atoms with Crippen molar-refractivity contribution < 1.29 is 9.52 Å². The van der Waals surface area contributed by atoms with Crippen molar-refractivity contribution in [2.75, 3.05) is 0 Å². The van der Waals surface area contributed by atoms with Crippen LogP contribution < -0.4 is 0 Å². The zero-order valence-electron chi connectivity index (χ0n) is 11.4. The normalized spacial score (nSPS) is 12.8. The molecule has 0 aliphatic carbocycles. The summed E-state index contributed by atoms with van der Waals surface area (Å²) in [4.78, 5) is 0. The van der Waals surface area contributed by atoms with Gasteiger partial charge in [-0.25, -0.2) is 0 Å². The summed E-state index contributed by atoms with van der Waals surface area (Å²) < 4.78 is 5.87. The zero-order valence-corrected chi connectivity index (χ0v) is 11.4. The molecule has 0 saturated heterocycles. The molecule has 2 nitrogen and oxygen atoms in total. The first-order valence-electron chi connectivity index (χ1n) is 6.97. The first kappa shape index (κ1) is 12.2. The molecule has 21 heavy (non-hydrogen) atoms. The van der Waals surface area contributed by atoms with E-state index in [2.05, 4.69) is 6.07 Å². The molecule has 102 valence electrons. The molecule has 0 radical (unpaired) electrons. The number of aliphatic hydroxyl groups is 1. The molecule has 1 atom stereocenters. The van der Waals surface area contributed by atoms with Crippen LogP contribution in [0.4, 0.5) is 0 Å². The minimum absolute atomic E-state index is 0.635. The number of fused-ring (bicyclic) bond motifs is 3. The number of aliphatic hydroxyl groups excluding tert-OH is 1. The molecular formula is C19H14O2. The molecule has 0 aliphatic rings. The van der Waals surface area contributed by atoms with Gasteiger partial charge in [0.1, 0.15) is 17.3 Å². The summed E-state index contributed by atoms with van der Waals surface area (Å²) in [5.41, 5.74) is 3.41. The average Bonchev–Trinajstić information content (AvgIpc) is 2.92. The van der Waals surface area contributed by atoms with Crippen LogP contribution in [0.15, 0.2) is 77.2 Å². The molecule has 0 unspecified atom stereocenters. The molecule has 0 bridgehead atoms. The first-order chi connectivity index (χ1) is 10.3. The van der Waals surface area contributed by atoms with Crippen molar-refractivity contribution in [1.29, 1.82) is 0 Å². The lowest BCUT2D eigenvalue weighted by molar-refractivity contribution is 0.220. The molecule has 0 fully saturated rings. The minimum atomic E-state index is -0.635. The van der Waals surface area contributed by atoms with Gasteiger partial charge in [0.2, 0.25) is 0 Å². The standard InChI is InChI=1S/C19H14O2/c20-19(13-6-2-1-3-7-13)14-10-11-16-15-8-4-5-9-17(15)21-18(16)12-14/h1-12,19-20H/t19-/m1/s1. The Balaban J connectivity index is 1.85. The van der Waals surface area contributed by atoms with Crippen LogP contribution >= 0.6 is 0 Å². The molecule has 4 aromatic rings. The second kappa shape index (κ2) is 4.76. The van der Waals surface area contributed by atoms with E-state index < -0.39 is 6.10 Å². The van der Waals surface area contributed by atoms with Crippen LogP contribution in [0.5, 0.6) is 0 Å². The van der Waals surface area contributed by atoms with Crippen molar-refractivity contribution in [3.63, 3.8) is 0 Å². The Hall–Kier alpha value is -2.58. The molecule has 1 heterocycles. The van der Waals surface area contributed by atoms with E-state index in [1.165, 1.54) is 0 Å². The maximum absolute atomic E-state index is 10.5. The van der Waals surface area contributed by atoms with Gasteiger partial charge in [0.05, 0.1) is 0 Å². The van der Waals surface area contributed by atoms with E-state index in [1.807, 2.05) is 66.7 Å². The van der Waals surface area contributed by atoms with E-state index in [4.69, 9.17) is 4.42 Å². The summed E-state index contributed by atoms with van der Waals surface area (Å²) in [6.45, 7) is 0. The molecule has 0 aliphatic heterocycles. The van der Waals surface area contributed by atoms with Crippen molar-refractivity contribution in [2.45, 2.75) is 6.10 Å². The van der Waals surface area contributed by atoms with Crippen LogP contribution in [-0.4, -0.2) is 5.11 Å². The lowest BCUT2D eigenvalue weighted by Gasteiger charge is -2.11. The monoisotopic (exact) mass is 274 g/mol. The van der Waals surface area contributed by atoms with Crippen LogP contribution in [0.3, 0.4) is 0 Å². The molecule has 3 aromatic carbocycles. The van der Waals surface area contributed by atoms with Crippen LogP contribution in [0.1, 0.15) is 17.2 Å². The summed E-state index contributed by atoms with van der Waals surface area (Å²) in [5.74, 6) is 0. The van der Waals surface area contributed by atoms with E-state index in [0.717, 1.165) is 33.1 Å². The van der Waals surface area contributed by atoms with E-state index in [0.29, 0.717) is 0 Å². The van der Waals surface area contributed by atoms with E-state index in [-0.39, 0.29) is 0 Å². The summed E-state index contributed by atoms with van der Waals surface area (Å²) in [7, 11) is 0. The number of para-hydroxylation sites is 1. The Labute approximate surface area is 122 Å². The maximum atomic E-state index is 10.5. The molecule has 2 heteroatoms. The van der Waals surface area contributed by atoms with Crippen LogP contribution in [-0.2, 0) is 0 Å². The van der Waals surface area contributed by atoms with E-state index in [1.54, 1.807) is 0 Å². The third kappa shape index (κ3) is 2.01. The van der Waals surface area contributed by atoms with Gasteiger partial charge in [-0.1, -0.05) is 60.7 Å². The average molecular weight is 274 g/mol. The number of furan rings is 1. The predicted octanol–water partition coefficient (Wildman–Crippen LogP) is 4.67. The Kier molecular flexibility index (Phi) is 2.76. The fourth-order valence-corrected chi connectivity index (χ4v) is 2.74. The van der Waals surface area contributed by atoms with Gasteiger partial charge in [0.15, 0.2) is 0 Å². The second-order valence-electron chi connectivity index (χ2n) is 5.17. The van der Waals surface area contributed by atoms with Gasteiger partial charge in [-0.15, -0.1) is 0 Å². The van der Waals surface area contributed by atoms with Crippen molar-refractivity contribution in [3.05, 3.63) is 83.9 Å². The molecule has 0 spiro atoms. The van der Waals surface area contributed by atoms with Crippen LogP contribution in [0, 0.1) is 0 Å². The predicted molar refractivity (Wildman–Crippen MR) is 84.2 cm³/mol. The lowest BCUT2D eigenvalue weighted by atomic mass is 10.0. The Morgan fingerprint density at radius 1 is 0.667 bits per heavy atom. The van der Waals surface area contributed by atoms with Gasteiger partial charge in [0.25, 0.3) is 0 Å². The maximum Gasteiger partial charge on any atom is 0.135 e. The van der Waals surface area contributed by atoms with Crippen molar-refractivity contribution in [3.8, 4) is 0 Å². The smallest absolute Gasteiger partial charge is 0.135 e. The molecule has 4 rings (SSSR count). The highest BCUT2D eigenvalue weighted by Gasteiger charge is 2.13. The number of hydrogen-bond acceptors (Lipinski definition) is 2. The highest BCUT2D eigenvalue weighted by atomic mass is 16.3. The highest BCUT2D eigenvalue weighted by Crippen LogP contribution is 2.31. The molecular weight excluding hydrogens is 260 g/mol. The highest BCUT2D eigenvalue weighted by molar-refractivity contribution is 6.04. The van der Waals surface area contributed by atoms with E-state index in [9.17, 15) is 5.11 Å². The summed E-state index contributed by atoms with van der Waals surface area (Å²) in [5, 5.41) is 12.7. The molecule has 0 amide bonds. The third-order valence-electron chi connectivity index (χ3n) is 3.83. The third-order valence-corrected chi connectivity index (χ3v) is 3.83. The van der Waals surface area contributed by atoms with Gasteiger partial charge in [-0.2, -0.15) is 0 Å². The molecule has 1 N–H and O–H groups in total. The van der Waals surface area contributed by atoms with Crippen molar-refractivity contribution in [2.24, 2.45) is 0 Å². The summed E-state index contributed by atoms with van der Waals surface area (Å²) in [6, 6.07) is 23.5. The number of hydrogen-bond donors (Lipinski definition) is 1. The Bertz CT molecular complexity index is 907. The fourth-order valence-electron chi connectivity index (χ4n) is 2.74. The van der Waals surface area contributed by atoms with Gasteiger partial charge in [0, 0.05) is 10.8 Å². The largest absolute Gasteiger partial charge is 0.456 e. The second-order valence-corrected chi connectivity index (χ2v) is 5.17. The quantitative estimate of drug-likeness (QED) is 0.576. The van der Waals surface area contributed by atoms with Gasteiger partial charge in [-0.05, 0) is 23.3 Å². The fraction of sp³-hybridized carbons (Fsp3) is 0.0526. The summed E-state index contributed by atoms with van der Waals surface area (Å²) >= 11 is 0.